The van der Waals surface area contributed by atoms with Gasteiger partial charge in [-0.1, -0.05) is 20.8 Å². The molecule has 2 unspecified atom stereocenters. The molecule has 0 N–H and O–H groups in total. The van der Waals surface area contributed by atoms with Crippen molar-refractivity contribution in [1.82, 2.24) is 14.8 Å². The molecule has 3 rings (SSSR count). The van der Waals surface area contributed by atoms with Crippen LogP contribution in [0.4, 0.5) is 0 Å². The molecular weight excluding hydrogens is 266 g/mol. The maximum Gasteiger partial charge on any atom is 0.107 e. The van der Waals surface area contributed by atoms with E-state index in [0.717, 1.165) is 24.9 Å². The molecule has 0 bridgehead atoms. The molecule has 0 aromatic carbocycles. The molecule has 2 saturated heterocycles. The normalized spacial score (nSPS) is 28.2. The molecule has 0 spiro atoms. The van der Waals surface area contributed by atoms with Crippen LogP contribution in [0.3, 0.4) is 0 Å². The van der Waals surface area contributed by atoms with Gasteiger partial charge in [0.05, 0.1) is 6.54 Å². The molecule has 4 heteroatoms. The average Bonchev–Trinajstić information content (AvgIpc) is 3.05. The summed E-state index contributed by atoms with van der Waals surface area (Å²) in [5.74, 6) is 0.724. The molecule has 0 aliphatic carbocycles. The number of hydrogen-bond acceptors (Lipinski definition) is 4. The maximum atomic E-state index is 4.62. The van der Waals surface area contributed by atoms with Gasteiger partial charge in [0.1, 0.15) is 5.01 Å². The molecule has 0 amide bonds. The number of aromatic nitrogens is 1. The van der Waals surface area contributed by atoms with E-state index in [1.165, 1.54) is 42.4 Å². The van der Waals surface area contributed by atoms with Gasteiger partial charge in [-0.15, -0.1) is 11.3 Å². The largest absolute Gasteiger partial charge is 0.298 e. The molecule has 3 nitrogen and oxygen atoms in total. The molecule has 0 saturated carbocycles. The predicted molar refractivity (Wildman–Crippen MR) is 85.1 cm³/mol. The van der Waals surface area contributed by atoms with E-state index < -0.39 is 0 Å². The zero-order valence-corrected chi connectivity index (χ0v) is 13.8. The van der Waals surface area contributed by atoms with Crippen LogP contribution >= 0.6 is 11.3 Å². The monoisotopic (exact) mass is 293 g/mol. The second kappa shape index (κ2) is 6.12. The smallest absolute Gasteiger partial charge is 0.107 e. The lowest BCUT2D eigenvalue weighted by Gasteiger charge is -2.45. The second-order valence-electron chi connectivity index (χ2n) is 6.61. The quantitative estimate of drug-likeness (QED) is 0.851. The Labute approximate surface area is 127 Å². The Morgan fingerprint density at radius 1 is 1.40 bits per heavy atom. The van der Waals surface area contributed by atoms with Crippen molar-refractivity contribution in [2.45, 2.75) is 58.7 Å². The van der Waals surface area contributed by atoms with E-state index >= 15 is 0 Å². The summed E-state index contributed by atoms with van der Waals surface area (Å²) in [6, 6.07) is 1.49. The first-order valence-electron chi connectivity index (χ1n) is 8.09. The summed E-state index contributed by atoms with van der Waals surface area (Å²) >= 11 is 1.90. The first-order valence-corrected chi connectivity index (χ1v) is 8.90. The van der Waals surface area contributed by atoms with E-state index in [4.69, 9.17) is 0 Å². The van der Waals surface area contributed by atoms with Crippen LogP contribution in [0.1, 0.15) is 43.5 Å². The Kier molecular flexibility index (Phi) is 4.43. The highest BCUT2D eigenvalue weighted by Crippen LogP contribution is 2.29. The highest BCUT2D eigenvalue weighted by molar-refractivity contribution is 7.11. The van der Waals surface area contributed by atoms with Gasteiger partial charge in [-0.05, 0) is 31.7 Å². The van der Waals surface area contributed by atoms with Crippen LogP contribution in [0.2, 0.25) is 0 Å². The number of aryl methyl sites for hydroxylation is 1. The molecule has 112 valence electrons. The molecule has 1 aromatic rings. The van der Waals surface area contributed by atoms with Crippen LogP contribution in [0.15, 0.2) is 6.20 Å². The fourth-order valence-electron chi connectivity index (χ4n) is 3.68. The first kappa shape index (κ1) is 14.5. The topological polar surface area (TPSA) is 19.4 Å². The van der Waals surface area contributed by atoms with Crippen LogP contribution < -0.4 is 0 Å². The summed E-state index contributed by atoms with van der Waals surface area (Å²) in [6.45, 7) is 11.8. The minimum Gasteiger partial charge on any atom is -0.298 e. The van der Waals surface area contributed by atoms with E-state index in [1.807, 2.05) is 11.3 Å². The number of hydrogen-bond donors (Lipinski definition) is 0. The maximum absolute atomic E-state index is 4.62. The van der Waals surface area contributed by atoms with Crippen molar-refractivity contribution >= 4 is 11.3 Å². The van der Waals surface area contributed by atoms with Gasteiger partial charge < -0.3 is 0 Å². The van der Waals surface area contributed by atoms with Crippen LogP contribution in [0.5, 0.6) is 0 Å². The van der Waals surface area contributed by atoms with Crippen molar-refractivity contribution in [3.63, 3.8) is 0 Å². The summed E-state index contributed by atoms with van der Waals surface area (Å²) in [5.41, 5.74) is 0. The summed E-state index contributed by atoms with van der Waals surface area (Å²) in [7, 11) is 0. The Bertz CT molecular complexity index is 443. The van der Waals surface area contributed by atoms with Gasteiger partial charge in [0, 0.05) is 36.2 Å². The molecular formula is C16H27N3S. The highest BCUT2D eigenvalue weighted by atomic mass is 32.1. The molecule has 20 heavy (non-hydrogen) atoms. The van der Waals surface area contributed by atoms with Gasteiger partial charge in [-0.3, -0.25) is 9.80 Å². The number of piperazine rings is 1. The summed E-state index contributed by atoms with van der Waals surface area (Å²) in [5, 5.41) is 1.30. The number of thiazole rings is 1. The van der Waals surface area contributed by atoms with Crippen molar-refractivity contribution in [1.29, 1.82) is 0 Å². The Hall–Kier alpha value is -0.450. The Morgan fingerprint density at radius 2 is 2.25 bits per heavy atom. The Morgan fingerprint density at radius 3 is 2.95 bits per heavy atom. The summed E-state index contributed by atoms with van der Waals surface area (Å²) in [6.07, 6.45) is 5.96. The zero-order valence-electron chi connectivity index (χ0n) is 13.0. The highest BCUT2D eigenvalue weighted by Gasteiger charge is 2.37. The minimum absolute atomic E-state index is 0.693. The molecule has 2 atom stereocenters. The molecule has 2 aliphatic rings. The van der Waals surface area contributed by atoms with Crippen LogP contribution in [0.25, 0.3) is 0 Å². The number of nitrogens with zero attached hydrogens (tertiary/aromatic N) is 3. The van der Waals surface area contributed by atoms with E-state index in [1.54, 1.807) is 0 Å². The lowest BCUT2D eigenvalue weighted by atomic mass is 9.97. The van der Waals surface area contributed by atoms with E-state index in [0.29, 0.717) is 6.04 Å². The van der Waals surface area contributed by atoms with Crippen LogP contribution in [-0.2, 0) is 13.0 Å². The third kappa shape index (κ3) is 2.92. The standard InChI is InChI=1S/C16H27N3S/c1-4-14-8-17-16(20-14)11-19-9-13-6-5-7-18(13)10-15(19)12(2)3/h8,12-13,15H,4-7,9-11H2,1-3H3. The van der Waals surface area contributed by atoms with E-state index in [9.17, 15) is 0 Å². The first-order chi connectivity index (χ1) is 9.67. The Balaban J connectivity index is 1.71. The van der Waals surface area contributed by atoms with Gasteiger partial charge >= 0.3 is 0 Å². The van der Waals surface area contributed by atoms with Crippen LogP contribution in [0, 0.1) is 5.92 Å². The van der Waals surface area contributed by atoms with Crippen molar-refractivity contribution < 1.29 is 0 Å². The SMILES string of the molecule is CCc1cnc(CN2CC3CCCN3CC2C(C)C)s1. The zero-order chi connectivity index (χ0) is 14.1. The molecule has 2 aliphatic heterocycles. The van der Waals surface area contributed by atoms with Gasteiger partial charge in [-0.25, -0.2) is 4.98 Å². The van der Waals surface area contributed by atoms with Gasteiger partial charge in [-0.2, -0.15) is 0 Å². The number of rotatable bonds is 4. The van der Waals surface area contributed by atoms with Crippen molar-refractivity contribution in [3.8, 4) is 0 Å². The van der Waals surface area contributed by atoms with Crippen LogP contribution in [-0.4, -0.2) is 46.5 Å². The summed E-state index contributed by atoms with van der Waals surface area (Å²) in [4.78, 5) is 11.5. The van der Waals surface area contributed by atoms with Gasteiger partial charge in [0.15, 0.2) is 0 Å². The number of fused-ring (bicyclic) bond motifs is 1. The fraction of sp³-hybridized carbons (Fsp3) is 0.812. The lowest BCUT2D eigenvalue weighted by Crippen LogP contribution is -2.57. The van der Waals surface area contributed by atoms with Gasteiger partial charge in [0.25, 0.3) is 0 Å². The second-order valence-corrected chi connectivity index (χ2v) is 7.81. The van der Waals surface area contributed by atoms with Gasteiger partial charge in [0.2, 0.25) is 0 Å². The minimum atomic E-state index is 0.693. The van der Waals surface area contributed by atoms with E-state index in [-0.39, 0.29) is 0 Å². The summed E-state index contributed by atoms with van der Waals surface area (Å²) < 4.78 is 0. The van der Waals surface area contributed by atoms with Crippen molar-refractivity contribution in [3.05, 3.63) is 16.1 Å². The third-order valence-electron chi connectivity index (χ3n) is 4.89. The molecule has 0 radical (unpaired) electrons. The third-order valence-corrected chi connectivity index (χ3v) is 6.02. The average molecular weight is 293 g/mol. The lowest BCUT2D eigenvalue weighted by molar-refractivity contribution is 0.0239. The fourth-order valence-corrected chi connectivity index (χ4v) is 4.56. The predicted octanol–water partition coefficient (Wildman–Crippen LogP) is 3.01. The molecule has 3 heterocycles. The molecule has 2 fully saturated rings. The van der Waals surface area contributed by atoms with Crippen molar-refractivity contribution in [2.24, 2.45) is 5.92 Å². The van der Waals surface area contributed by atoms with E-state index in [2.05, 4.69) is 41.8 Å². The van der Waals surface area contributed by atoms with Crippen molar-refractivity contribution in [2.75, 3.05) is 19.6 Å². The molecule has 1 aromatic heterocycles.